The molecule has 2 heterocycles. The van der Waals surface area contributed by atoms with Gasteiger partial charge in [-0.2, -0.15) is 4.68 Å². The fourth-order valence-corrected chi connectivity index (χ4v) is 3.11. The summed E-state index contributed by atoms with van der Waals surface area (Å²) >= 11 is 6.10. The summed E-state index contributed by atoms with van der Waals surface area (Å²) in [4.78, 5) is 15.6. The highest BCUT2D eigenvalue weighted by Crippen LogP contribution is 2.30. The van der Waals surface area contributed by atoms with E-state index in [2.05, 4.69) is 25.8 Å². The predicted molar refractivity (Wildman–Crippen MR) is 112 cm³/mol. The van der Waals surface area contributed by atoms with E-state index in [-0.39, 0.29) is 5.91 Å². The number of tetrazole rings is 1. The molecule has 0 aliphatic rings. The molecule has 0 aliphatic heterocycles. The Kier molecular flexibility index (Phi) is 4.92. The fraction of sp³-hybridized carbons (Fsp3) is 0.0500. The van der Waals surface area contributed by atoms with Gasteiger partial charge in [-0.3, -0.25) is 4.79 Å². The number of hydrogen-bond acceptors (Lipinski definition) is 6. The largest absolute Gasteiger partial charge is 0.383 e. The highest BCUT2D eigenvalue weighted by atomic mass is 35.5. The van der Waals surface area contributed by atoms with Crippen molar-refractivity contribution in [3.8, 4) is 28.2 Å². The third-order valence-electron chi connectivity index (χ3n) is 4.20. The number of hydrogen-bond donors (Lipinski definition) is 2. The van der Waals surface area contributed by atoms with Crippen molar-refractivity contribution in [3.05, 3.63) is 65.8 Å². The fourth-order valence-electron chi connectivity index (χ4n) is 2.93. The van der Waals surface area contributed by atoms with E-state index in [9.17, 15) is 4.79 Å². The lowest BCUT2D eigenvalue weighted by atomic mass is 10.0. The minimum Gasteiger partial charge on any atom is -0.383 e. The predicted octanol–water partition coefficient (Wildman–Crippen LogP) is 3.59. The molecule has 0 saturated heterocycles. The molecule has 144 valence electrons. The first-order valence-electron chi connectivity index (χ1n) is 8.69. The molecule has 2 aromatic carbocycles. The summed E-state index contributed by atoms with van der Waals surface area (Å²) in [7, 11) is 0. The number of nitrogens with two attached hydrogens (primary N) is 1. The highest BCUT2D eigenvalue weighted by molar-refractivity contribution is 6.30. The van der Waals surface area contributed by atoms with Crippen molar-refractivity contribution in [1.82, 2.24) is 25.2 Å². The van der Waals surface area contributed by atoms with Crippen molar-refractivity contribution in [2.45, 2.75) is 6.92 Å². The van der Waals surface area contributed by atoms with Crippen LogP contribution in [0.5, 0.6) is 0 Å². The van der Waals surface area contributed by atoms with Crippen LogP contribution in [0.15, 0.2) is 60.8 Å². The highest BCUT2D eigenvalue weighted by Gasteiger charge is 2.16. The average Bonchev–Trinajstić information content (AvgIpc) is 3.18. The second-order valence-electron chi connectivity index (χ2n) is 6.31. The summed E-state index contributed by atoms with van der Waals surface area (Å²) in [6.45, 7) is 1.46. The van der Waals surface area contributed by atoms with Crippen LogP contribution in [-0.4, -0.2) is 31.1 Å². The summed E-state index contributed by atoms with van der Waals surface area (Å²) in [6, 6.07) is 16.5. The van der Waals surface area contributed by atoms with Gasteiger partial charge in [-0.25, -0.2) is 4.98 Å². The minimum absolute atomic E-state index is 0.140. The molecule has 0 fully saturated rings. The third-order valence-corrected chi connectivity index (χ3v) is 4.43. The number of benzene rings is 2. The molecule has 0 spiro atoms. The van der Waals surface area contributed by atoms with Crippen LogP contribution in [0.4, 0.5) is 11.5 Å². The van der Waals surface area contributed by atoms with Crippen LogP contribution < -0.4 is 11.1 Å². The van der Waals surface area contributed by atoms with Gasteiger partial charge in [-0.15, -0.1) is 5.10 Å². The van der Waals surface area contributed by atoms with Crippen LogP contribution >= 0.6 is 11.6 Å². The molecule has 9 heteroatoms. The Bertz CT molecular complexity index is 1200. The standard InChI is InChI=1S/C20H16ClN7O/c1-12(29)24-16-6-2-4-13(8-16)14-9-18(19(22)23-11-14)20-25-26-27-28(20)17-7-3-5-15(21)10-17/h2-11H,1H3,(H2,22,23)(H,24,29). The van der Waals surface area contributed by atoms with Gasteiger partial charge in [0, 0.05) is 29.4 Å². The van der Waals surface area contributed by atoms with Crippen LogP contribution in [0.1, 0.15) is 6.92 Å². The van der Waals surface area contributed by atoms with Gasteiger partial charge in [0.25, 0.3) is 0 Å². The SMILES string of the molecule is CC(=O)Nc1cccc(-c2cnc(N)c(-c3nnnn3-c3cccc(Cl)c3)c2)c1. The lowest BCUT2D eigenvalue weighted by Crippen LogP contribution is -2.05. The number of amides is 1. The van der Waals surface area contributed by atoms with Gasteiger partial charge in [0.2, 0.25) is 5.91 Å². The maximum absolute atomic E-state index is 11.3. The number of aromatic nitrogens is 5. The second-order valence-corrected chi connectivity index (χ2v) is 6.75. The first-order valence-corrected chi connectivity index (χ1v) is 9.07. The molecule has 2 aromatic heterocycles. The molecule has 0 atom stereocenters. The van der Waals surface area contributed by atoms with Crippen LogP contribution in [-0.2, 0) is 4.79 Å². The van der Waals surface area contributed by atoms with E-state index in [1.807, 2.05) is 42.5 Å². The van der Waals surface area contributed by atoms with E-state index in [1.54, 1.807) is 23.0 Å². The van der Waals surface area contributed by atoms with E-state index < -0.39 is 0 Å². The number of carbonyl (C=O) groups is 1. The first-order chi connectivity index (χ1) is 14.0. The molecule has 4 rings (SSSR count). The van der Waals surface area contributed by atoms with Gasteiger partial charge in [-0.05, 0) is 52.4 Å². The first kappa shape index (κ1) is 18.6. The second kappa shape index (κ2) is 7.69. The van der Waals surface area contributed by atoms with Gasteiger partial charge >= 0.3 is 0 Å². The number of nitrogens with zero attached hydrogens (tertiary/aromatic N) is 5. The summed E-state index contributed by atoms with van der Waals surface area (Å²) in [6.07, 6.45) is 1.67. The molecule has 0 saturated carbocycles. The van der Waals surface area contributed by atoms with Gasteiger partial charge in [0.15, 0.2) is 5.82 Å². The number of anilines is 2. The summed E-state index contributed by atoms with van der Waals surface area (Å²) in [5.41, 5.74) is 9.78. The molecule has 0 aliphatic carbocycles. The average molecular weight is 406 g/mol. The van der Waals surface area contributed by atoms with Crippen molar-refractivity contribution < 1.29 is 4.79 Å². The molecule has 0 bridgehead atoms. The molecule has 4 aromatic rings. The molecule has 29 heavy (non-hydrogen) atoms. The molecule has 1 amide bonds. The number of nitrogen functional groups attached to an aromatic ring is 1. The maximum atomic E-state index is 11.3. The quantitative estimate of drug-likeness (QED) is 0.536. The van der Waals surface area contributed by atoms with E-state index in [4.69, 9.17) is 17.3 Å². The minimum atomic E-state index is -0.140. The van der Waals surface area contributed by atoms with E-state index in [0.29, 0.717) is 33.6 Å². The number of nitrogens with one attached hydrogen (secondary N) is 1. The van der Waals surface area contributed by atoms with E-state index >= 15 is 0 Å². The zero-order chi connectivity index (χ0) is 20.4. The lowest BCUT2D eigenvalue weighted by molar-refractivity contribution is -0.114. The lowest BCUT2D eigenvalue weighted by Gasteiger charge is -2.10. The summed E-state index contributed by atoms with van der Waals surface area (Å²) in [5.74, 6) is 0.598. The normalized spacial score (nSPS) is 10.7. The molecular formula is C20H16ClN7O. The smallest absolute Gasteiger partial charge is 0.221 e. The Morgan fingerprint density at radius 2 is 1.93 bits per heavy atom. The monoisotopic (exact) mass is 405 g/mol. The molecule has 0 unspecified atom stereocenters. The Morgan fingerprint density at radius 3 is 2.72 bits per heavy atom. The number of rotatable bonds is 4. The van der Waals surface area contributed by atoms with Gasteiger partial charge in [0.1, 0.15) is 5.82 Å². The Hall–Kier alpha value is -3.78. The Labute approximate surface area is 171 Å². The summed E-state index contributed by atoms with van der Waals surface area (Å²) in [5, 5.41) is 15.3. The number of pyridine rings is 1. The van der Waals surface area contributed by atoms with Crippen molar-refractivity contribution in [2.24, 2.45) is 0 Å². The van der Waals surface area contributed by atoms with Gasteiger partial charge < -0.3 is 11.1 Å². The summed E-state index contributed by atoms with van der Waals surface area (Å²) < 4.78 is 1.55. The van der Waals surface area contributed by atoms with Crippen molar-refractivity contribution in [2.75, 3.05) is 11.1 Å². The number of carbonyl (C=O) groups excluding carboxylic acids is 1. The molecular weight excluding hydrogens is 390 g/mol. The molecule has 3 N–H and O–H groups in total. The van der Waals surface area contributed by atoms with E-state index in [0.717, 1.165) is 11.1 Å². The van der Waals surface area contributed by atoms with Crippen LogP contribution in [0.3, 0.4) is 0 Å². The van der Waals surface area contributed by atoms with Crippen LogP contribution in [0, 0.1) is 0 Å². The third kappa shape index (κ3) is 3.92. The van der Waals surface area contributed by atoms with Crippen LogP contribution in [0.2, 0.25) is 5.02 Å². The Balaban J connectivity index is 1.78. The topological polar surface area (TPSA) is 112 Å². The van der Waals surface area contributed by atoms with Crippen molar-refractivity contribution in [3.63, 3.8) is 0 Å². The van der Waals surface area contributed by atoms with Gasteiger partial charge in [-0.1, -0.05) is 29.8 Å². The maximum Gasteiger partial charge on any atom is 0.221 e. The zero-order valence-corrected chi connectivity index (χ0v) is 16.1. The molecule has 8 nitrogen and oxygen atoms in total. The van der Waals surface area contributed by atoms with Crippen molar-refractivity contribution >= 4 is 29.0 Å². The van der Waals surface area contributed by atoms with Gasteiger partial charge in [0.05, 0.1) is 11.3 Å². The van der Waals surface area contributed by atoms with E-state index in [1.165, 1.54) is 6.92 Å². The number of halogens is 1. The zero-order valence-electron chi connectivity index (χ0n) is 15.4. The van der Waals surface area contributed by atoms with Crippen molar-refractivity contribution in [1.29, 1.82) is 0 Å². The molecule has 0 radical (unpaired) electrons. The Morgan fingerprint density at radius 1 is 1.10 bits per heavy atom. The van der Waals surface area contributed by atoms with Crippen LogP contribution in [0.25, 0.3) is 28.2 Å².